The molecule has 0 saturated carbocycles. The molecule has 0 spiro atoms. The number of rotatable bonds is 7. The van der Waals surface area contributed by atoms with E-state index in [2.05, 4.69) is 19.2 Å². The van der Waals surface area contributed by atoms with Gasteiger partial charge >= 0.3 is 0 Å². The van der Waals surface area contributed by atoms with Crippen LogP contribution in [0.5, 0.6) is 11.5 Å². The summed E-state index contributed by atoms with van der Waals surface area (Å²) < 4.78 is 11.2. The van der Waals surface area contributed by atoms with E-state index in [-0.39, 0.29) is 12.5 Å². The largest absolute Gasteiger partial charge is 0.493 e. The van der Waals surface area contributed by atoms with E-state index in [9.17, 15) is 4.79 Å². The van der Waals surface area contributed by atoms with Crippen molar-refractivity contribution in [3.8, 4) is 11.5 Å². The summed E-state index contributed by atoms with van der Waals surface area (Å²) >= 11 is 0. The first-order chi connectivity index (χ1) is 11.4. The van der Waals surface area contributed by atoms with Crippen LogP contribution in [0.1, 0.15) is 25.0 Å². The summed E-state index contributed by atoms with van der Waals surface area (Å²) in [6, 6.07) is 13.2. The summed E-state index contributed by atoms with van der Waals surface area (Å²) in [4.78, 5) is 12.0. The molecule has 0 aliphatic heterocycles. The van der Waals surface area contributed by atoms with Gasteiger partial charge in [-0.3, -0.25) is 4.79 Å². The van der Waals surface area contributed by atoms with E-state index in [0.29, 0.717) is 18.3 Å². The molecule has 0 atom stereocenters. The van der Waals surface area contributed by atoms with Crippen molar-refractivity contribution in [1.82, 2.24) is 0 Å². The van der Waals surface area contributed by atoms with E-state index in [1.807, 2.05) is 50.2 Å². The van der Waals surface area contributed by atoms with Gasteiger partial charge in [0, 0.05) is 11.8 Å². The number of ether oxygens (including phenoxy) is 2. The van der Waals surface area contributed by atoms with Crippen LogP contribution in [0.4, 0.5) is 5.69 Å². The quantitative estimate of drug-likeness (QED) is 0.822. The fourth-order valence-corrected chi connectivity index (χ4v) is 2.08. The van der Waals surface area contributed by atoms with Crippen molar-refractivity contribution < 1.29 is 14.3 Å². The first-order valence-corrected chi connectivity index (χ1v) is 8.17. The molecule has 2 aromatic carbocycles. The average Bonchev–Trinajstić information content (AvgIpc) is 2.55. The van der Waals surface area contributed by atoms with Crippen LogP contribution in [-0.2, 0) is 4.79 Å². The third-order valence-corrected chi connectivity index (χ3v) is 3.55. The molecule has 0 aromatic heterocycles. The molecule has 0 radical (unpaired) electrons. The number of benzene rings is 2. The number of hydrogen-bond donors (Lipinski definition) is 1. The minimum absolute atomic E-state index is 0.0411. The number of hydrogen-bond acceptors (Lipinski definition) is 3. The van der Waals surface area contributed by atoms with E-state index in [4.69, 9.17) is 9.47 Å². The second kappa shape index (κ2) is 8.39. The van der Waals surface area contributed by atoms with Crippen LogP contribution in [-0.4, -0.2) is 19.1 Å². The van der Waals surface area contributed by atoms with Crippen LogP contribution in [0.15, 0.2) is 42.5 Å². The standard InChI is InChI=1S/C20H25NO3/c1-14(2)12-23-18-6-5-7-19(11-18)24-13-20(22)21-17-9-8-15(3)16(4)10-17/h5-11,14H,12-13H2,1-4H3,(H,21,22). The lowest BCUT2D eigenvalue weighted by Crippen LogP contribution is -2.20. The average molecular weight is 327 g/mol. The lowest BCUT2D eigenvalue weighted by atomic mass is 10.1. The molecular formula is C20H25NO3. The Balaban J connectivity index is 1.87. The molecule has 2 rings (SSSR count). The molecule has 24 heavy (non-hydrogen) atoms. The molecule has 128 valence electrons. The molecule has 4 heteroatoms. The SMILES string of the molecule is Cc1ccc(NC(=O)COc2cccc(OCC(C)C)c2)cc1C. The van der Waals surface area contributed by atoms with Gasteiger partial charge in [-0.2, -0.15) is 0 Å². The Bertz CT molecular complexity index is 695. The van der Waals surface area contributed by atoms with Crippen molar-refractivity contribution in [3.05, 3.63) is 53.6 Å². The van der Waals surface area contributed by atoms with Crippen molar-refractivity contribution in [1.29, 1.82) is 0 Å². The number of aryl methyl sites for hydroxylation is 2. The Morgan fingerprint density at radius 3 is 2.38 bits per heavy atom. The Kier molecular flexibility index (Phi) is 6.24. The van der Waals surface area contributed by atoms with Gasteiger partial charge < -0.3 is 14.8 Å². The molecule has 0 aliphatic carbocycles. The van der Waals surface area contributed by atoms with Crippen molar-refractivity contribution in [3.63, 3.8) is 0 Å². The first kappa shape index (κ1) is 17.9. The van der Waals surface area contributed by atoms with Crippen LogP contribution in [0.25, 0.3) is 0 Å². The highest BCUT2D eigenvalue weighted by Crippen LogP contribution is 2.20. The lowest BCUT2D eigenvalue weighted by molar-refractivity contribution is -0.118. The highest BCUT2D eigenvalue weighted by atomic mass is 16.5. The molecule has 0 fully saturated rings. The summed E-state index contributed by atoms with van der Waals surface area (Å²) in [7, 11) is 0. The molecule has 2 aromatic rings. The zero-order valence-electron chi connectivity index (χ0n) is 14.8. The number of nitrogens with one attached hydrogen (secondary N) is 1. The van der Waals surface area contributed by atoms with Gasteiger partial charge in [0.15, 0.2) is 6.61 Å². The van der Waals surface area contributed by atoms with Crippen molar-refractivity contribution in [2.45, 2.75) is 27.7 Å². The summed E-state index contributed by atoms with van der Waals surface area (Å²) in [5.41, 5.74) is 3.12. The minimum atomic E-state index is -0.188. The normalized spacial score (nSPS) is 10.5. The maximum absolute atomic E-state index is 12.0. The fourth-order valence-electron chi connectivity index (χ4n) is 2.08. The monoisotopic (exact) mass is 327 g/mol. The van der Waals surface area contributed by atoms with E-state index >= 15 is 0 Å². The molecule has 0 bridgehead atoms. The maximum atomic E-state index is 12.0. The van der Waals surface area contributed by atoms with Gasteiger partial charge in [0.25, 0.3) is 5.91 Å². The molecule has 1 N–H and O–H groups in total. The second-order valence-electron chi connectivity index (χ2n) is 6.32. The van der Waals surface area contributed by atoms with E-state index in [1.54, 1.807) is 6.07 Å². The van der Waals surface area contributed by atoms with Gasteiger partial charge in [0.1, 0.15) is 11.5 Å². The third kappa shape index (κ3) is 5.61. The minimum Gasteiger partial charge on any atom is -0.493 e. The van der Waals surface area contributed by atoms with Gasteiger partial charge in [-0.15, -0.1) is 0 Å². The molecule has 0 unspecified atom stereocenters. The highest BCUT2D eigenvalue weighted by Gasteiger charge is 2.06. The summed E-state index contributed by atoms with van der Waals surface area (Å²) in [6.45, 7) is 8.86. The second-order valence-corrected chi connectivity index (χ2v) is 6.32. The van der Waals surface area contributed by atoms with E-state index in [0.717, 1.165) is 17.0 Å². The zero-order chi connectivity index (χ0) is 17.5. The van der Waals surface area contributed by atoms with Gasteiger partial charge in [0.05, 0.1) is 6.61 Å². The number of amides is 1. The Labute approximate surface area is 143 Å². The number of anilines is 1. The van der Waals surface area contributed by atoms with Gasteiger partial charge in [0.2, 0.25) is 0 Å². The van der Waals surface area contributed by atoms with E-state index < -0.39 is 0 Å². The van der Waals surface area contributed by atoms with Crippen LogP contribution in [0, 0.1) is 19.8 Å². The van der Waals surface area contributed by atoms with Crippen LogP contribution in [0.2, 0.25) is 0 Å². The molecule has 0 heterocycles. The van der Waals surface area contributed by atoms with E-state index in [1.165, 1.54) is 5.56 Å². The first-order valence-electron chi connectivity index (χ1n) is 8.17. The predicted octanol–water partition coefficient (Wildman–Crippen LogP) is 4.36. The summed E-state index contributed by atoms with van der Waals surface area (Å²) in [5.74, 6) is 1.63. The number of carbonyl (C=O) groups excluding carboxylic acids is 1. The predicted molar refractivity (Wildman–Crippen MR) is 96.8 cm³/mol. The van der Waals surface area contributed by atoms with Crippen molar-refractivity contribution in [2.24, 2.45) is 5.92 Å². The Morgan fingerprint density at radius 1 is 1.00 bits per heavy atom. The van der Waals surface area contributed by atoms with Crippen molar-refractivity contribution in [2.75, 3.05) is 18.5 Å². The van der Waals surface area contributed by atoms with Crippen molar-refractivity contribution >= 4 is 11.6 Å². The molecule has 1 amide bonds. The molecule has 0 aliphatic rings. The molecular weight excluding hydrogens is 302 g/mol. The van der Waals surface area contributed by atoms with Crippen LogP contribution < -0.4 is 14.8 Å². The van der Waals surface area contributed by atoms with Gasteiger partial charge in [-0.1, -0.05) is 26.0 Å². The molecule has 4 nitrogen and oxygen atoms in total. The number of carbonyl (C=O) groups is 1. The van der Waals surface area contributed by atoms with Gasteiger partial charge in [-0.05, 0) is 55.2 Å². The lowest BCUT2D eigenvalue weighted by Gasteiger charge is -2.11. The third-order valence-electron chi connectivity index (χ3n) is 3.55. The van der Waals surface area contributed by atoms with Crippen LogP contribution >= 0.6 is 0 Å². The summed E-state index contributed by atoms with van der Waals surface area (Å²) in [6.07, 6.45) is 0. The highest BCUT2D eigenvalue weighted by molar-refractivity contribution is 5.92. The molecule has 0 saturated heterocycles. The van der Waals surface area contributed by atoms with Gasteiger partial charge in [-0.25, -0.2) is 0 Å². The zero-order valence-corrected chi connectivity index (χ0v) is 14.8. The van der Waals surface area contributed by atoms with Crippen LogP contribution in [0.3, 0.4) is 0 Å². The Hall–Kier alpha value is -2.49. The smallest absolute Gasteiger partial charge is 0.262 e. The topological polar surface area (TPSA) is 47.6 Å². The maximum Gasteiger partial charge on any atom is 0.262 e. The summed E-state index contributed by atoms with van der Waals surface area (Å²) in [5, 5.41) is 2.84. The Morgan fingerprint density at radius 2 is 1.71 bits per heavy atom. The fraction of sp³-hybridized carbons (Fsp3) is 0.350.